The summed E-state index contributed by atoms with van der Waals surface area (Å²) in [7, 11) is 2.33. The lowest BCUT2D eigenvalue weighted by Gasteiger charge is -2.31. The molecule has 1 unspecified atom stereocenters. The lowest BCUT2D eigenvalue weighted by atomic mass is 10.1. The Balaban J connectivity index is 2.93. The number of carbonyl (C=O) groups excluding carboxylic acids is 1. The predicted octanol–water partition coefficient (Wildman–Crippen LogP) is 1.48. The van der Waals surface area contributed by atoms with Crippen LogP contribution in [0.3, 0.4) is 0 Å². The highest BCUT2D eigenvalue weighted by atomic mass is 19.4. The standard InChI is InChI=1S/C9H10F3NO2/c1-13-6(8(14)15-2)4-3-5-7(13)9(10,11)12/h3-6H,1-2H3. The normalized spacial score (nSPS) is 21.3. The molecule has 0 aromatic heterocycles. The first-order valence-corrected chi connectivity index (χ1v) is 4.14. The van der Waals surface area contributed by atoms with Crippen LogP contribution in [-0.2, 0) is 9.53 Å². The molecular weight excluding hydrogens is 211 g/mol. The molecule has 0 saturated heterocycles. The smallest absolute Gasteiger partial charge is 0.431 e. The zero-order valence-electron chi connectivity index (χ0n) is 8.21. The van der Waals surface area contributed by atoms with Crippen LogP contribution in [0.2, 0.25) is 0 Å². The fourth-order valence-corrected chi connectivity index (χ4v) is 1.30. The van der Waals surface area contributed by atoms with Gasteiger partial charge >= 0.3 is 12.1 Å². The van der Waals surface area contributed by atoms with E-state index in [1.165, 1.54) is 19.2 Å². The summed E-state index contributed by atoms with van der Waals surface area (Å²) < 4.78 is 41.7. The zero-order valence-corrected chi connectivity index (χ0v) is 8.21. The predicted molar refractivity (Wildman–Crippen MR) is 46.8 cm³/mol. The molecule has 0 aromatic carbocycles. The third-order valence-electron chi connectivity index (χ3n) is 2.08. The Hall–Kier alpha value is -1.46. The molecule has 0 aromatic rings. The molecule has 0 amide bonds. The van der Waals surface area contributed by atoms with Crippen molar-refractivity contribution in [3.8, 4) is 0 Å². The molecule has 0 radical (unpaired) electrons. The van der Waals surface area contributed by atoms with Crippen molar-refractivity contribution in [1.29, 1.82) is 0 Å². The first-order valence-electron chi connectivity index (χ1n) is 4.14. The summed E-state index contributed by atoms with van der Waals surface area (Å²) in [5.74, 6) is -0.719. The van der Waals surface area contributed by atoms with Gasteiger partial charge in [0.1, 0.15) is 11.7 Å². The van der Waals surface area contributed by atoms with Crippen molar-refractivity contribution in [3.63, 3.8) is 0 Å². The van der Waals surface area contributed by atoms with Crippen LogP contribution in [0.15, 0.2) is 23.9 Å². The van der Waals surface area contributed by atoms with Gasteiger partial charge in [-0.1, -0.05) is 12.2 Å². The molecule has 1 rings (SSSR count). The van der Waals surface area contributed by atoms with Crippen molar-refractivity contribution < 1.29 is 22.7 Å². The van der Waals surface area contributed by atoms with Crippen molar-refractivity contribution >= 4 is 5.97 Å². The highest BCUT2D eigenvalue weighted by molar-refractivity contribution is 5.78. The van der Waals surface area contributed by atoms with Gasteiger partial charge < -0.3 is 9.64 Å². The number of rotatable bonds is 1. The molecule has 15 heavy (non-hydrogen) atoms. The molecule has 0 fully saturated rings. The third-order valence-corrected chi connectivity index (χ3v) is 2.08. The van der Waals surface area contributed by atoms with Gasteiger partial charge in [0.25, 0.3) is 0 Å². The number of likely N-dealkylation sites (N-methyl/N-ethyl adjacent to an activating group) is 1. The van der Waals surface area contributed by atoms with Gasteiger partial charge in [-0.3, -0.25) is 0 Å². The lowest BCUT2D eigenvalue weighted by molar-refractivity contribution is -0.147. The van der Waals surface area contributed by atoms with Gasteiger partial charge in [0.15, 0.2) is 0 Å². The van der Waals surface area contributed by atoms with E-state index >= 15 is 0 Å². The summed E-state index contributed by atoms with van der Waals surface area (Å²) in [5, 5.41) is 0. The molecule has 3 nitrogen and oxygen atoms in total. The Labute approximate surface area is 84.8 Å². The minimum atomic E-state index is -4.47. The van der Waals surface area contributed by atoms with Crippen molar-refractivity contribution in [1.82, 2.24) is 4.90 Å². The molecule has 6 heteroatoms. The number of halogens is 3. The number of methoxy groups -OCH3 is 1. The Morgan fingerprint density at radius 1 is 1.53 bits per heavy atom. The second-order valence-electron chi connectivity index (χ2n) is 3.01. The SMILES string of the molecule is COC(=O)C1C=CC=C(C(F)(F)F)N1C. The van der Waals surface area contributed by atoms with Crippen molar-refractivity contribution in [2.75, 3.05) is 14.2 Å². The monoisotopic (exact) mass is 221 g/mol. The van der Waals surface area contributed by atoms with E-state index in [4.69, 9.17) is 0 Å². The minimum Gasteiger partial charge on any atom is -0.467 e. The fourth-order valence-electron chi connectivity index (χ4n) is 1.30. The van der Waals surface area contributed by atoms with Gasteiger partial charge in [0.05, 0.1) is 7.11 Å². The van der Waals surface area contributed by atoms with E-state index < -0.39 is 23.9 Å². The van der Waals surface area contributed by atoms with Gasteiger partial charge in [-0.25, -0.2) is 4.79 Å². The quantitative estimate of drug-likeness (QED) is 0.628. The molecule has 0 bridgehead atoms. The maximum atomic E-state index is 12.4. The summed E-state index contributed by atoms with van der Waals surface area (Å²) in [4.78, 5) is 12.0. The molecule has 84 valence electrons. The summed E-state index contributed by atoms with van der Waals surface area (Å²) in [6.45, 7) is 0. The van der Waals surface area contributed by atoms with E-state index in [1.807, 2.05) is 0 Å². The maximum Gasteiger partial charge on any atom is 0.431 e. The molecule has 1 heterocycles. The van der Waals surface area contributed by atoms with Crippen LogP contribution in [-0.4, -0.2) is 37.2 Å². The maximum absolute atomic E-state index is 12.4. The Bertz CT molecular complexity index is 320. The molecule has 1 aliphatic heterocycles. The summed E-state index contributed by atoms with van der Waals surface area (Å²) in [6.07, 6.45) is -1.00. The molecule has 0 N–H and O–H groups in total. The van der Waals surface area contributed by atoms with Crippen molar-refractivity contribution in [2.45, 2.75) is 12.2 Å². The topological polar surface area (TPSA) is 29.5 Å². The Morgan fingerprint density at radius 3 is 2.60 bits per heavy atom. The molecule has 0 saturated carbocycles. The molecule has 0 spiro atoms. The summed E-state index contributed by atoms with van der Waals surface area (Å²) >= 11 is 0. The lowest BCUT2D eigenvalue weighted by Crippen LogP contribution is -2.42. The summed E-state index contributed by atoms with van der Waals surface area (Å²) in [5.41, 5.74) is -0.861. The molecule has 1 atom stereocenters. The average Bonchev–Trinajstić information content (AvgIpc) is 2.15. The fraction of sp³-hybridized carbons (Fsp3) is 0.444. The van der Waals surface area contributed by atoms with Crippen LogP contribution in [0.4, 0.5) is 13.2 Å². The molecule has 0 aliphatic carbocycles. The Morgan fingerprint density at radius 2 is 2.13 bits per heavy atom. The number of alkyl halides is 3. The second-order valence-corrected chi connectivity index (χ2v) is 3.01. The number of hydrogen-bond acceptors (Lipinski definition) is 3. The van der Waals surface area contributed by atoms with Crippen LogP contribution in [0.25, 0.3) is 0 Å². The number of allylic oxidation sites excluding steroid dienone is 3. The van der Waals surface area contributed by atoms with Gasteiger partial charge in [0, 0.05) is 7.05 Å². The third kappa shape index (κ3) is 2.31. The van der Waals surface area contributed by atoms with E-state index in [9.17, 15) is 18.0 Å². The second kappa shape index (κ2) is 3.96. The van der Waals surface area contributed by atoms with E-state index in [1.54, 1.807) is 0 Å². The van der Waals surface area contributed by atoms with E-state index in [0.717, 1.165) is 18.1 Å². The zero-order chi connectivity index (χ0) is 11.6. The highest BCUT2D eigenvalue weighted by Gasteiger charge is 2.40. The van der Waals surface area contributed by atoms with Crippen LogP contribution < -0.4 is 0 Å². The highest BCUT2D eigenvalue weighted by Crippen LogP contribution is 2.31. The number of ether oxygens (including phenoxy) is 1. The minimum absolute atomic E-state index is 0.719. The molecular formula is C9H10F3NO2. The average molecular weight is 221 g/mol. The molecule has 1 aliphatic rings. The van der Waals surface area contributed by atoms with E-state index in [-0.39, 0.29) is 0 Å². The number of hydrogen-bond donors (Lipinski definition) is 0. The van der Waals surface area contributed by atoms with Crippen LogP contribution in [0.1, 0.15) is 0 Å². The van der Waals surface area contributed by atoms with E-state index in [2.05, 4.69) is 4.74 Å². The number of carbonyl (C=O) groups is 1. The van der Waals surface area contributed by atoms with Gasteiger partial charge in [-0.15, -0.1) is 0 Å². The van der Waals surface area contributed by atoms with Crippen LogP contribution in [0.5, 0.6) is 0 Å². The Kier molecular flexibility index (Phi) is 3.06. The van der Waals surface area contributed by atoms with Gasteiger partial charge in [-0.05, 0) is 6.08 Å². The van der Waals surface area contributed by atoms with Gasteiger partial charge in [-0.2, -0.15) is 13.2 Å². The first-order chi connectivity index (χ1) is 6.88. The van der Waals surface area contributed by atoms with Crippen molar-refractivity contribution in [2.24, 2.45) is 0 Å². The van der Waals surface area contributed by atoms with Crippen LogP contribution >= 0.6 is 0 Å². The number of nitrogens with zero attached hydrogens (tertiary/aromatic N) is 1. The van der Waals surface area contributed by atoms with Crippen LogP contribution in [0, 0.1) is 0 Å². The van der Waals surface area contributed by atoms with E-state index in [0.29, 0.717) is 0 Å². The summed E-state index contributed by atoms with van der Waals surface area (Å²) in [6, 6.07) is -1.02. The number of esters is 1. The van der Waals surface area contributed by atoms with Gasteiger partial charge in [0.2, 0.25) is 0 Å². The first kappa shape index (κ1) is 11.6. The van der Waals surface area contributed by atoms with Crippen molar-refractivity contribution in [3.05, 3.63) is 23.9 Å². The largest absolute Gasteiger partial charge is 0.467 e.